The van der Waals surface area contributed by atoms with E-state index in [0.717, 1.165) is 25.7 Å². The maximum atomic E-state index is 12.0. The molecule has 118 valence electrons. The molecule has 4 nitrogen and oxygen atoms in total. The van der Waals surface area contributed by atoms with E-state index in [-0.39, 0.29) is 18.6 Å². The first-order valence-corrected chi connectivity index (χ1v) is 6.75. The summed E-state index contributed by atoms with van der Waals surface area (Å²) in [6, 6.07) is 0. The molecular formula is C13H23F3N2O2. The lowest BCUT2D eigenvalue weighted by Gasteiger charge is -2.42. The first-order valence-electron chi connectivity index (χ1n) is 6.75. The summed E-state index contributed by atoms with van der Waals surface area (Å²) in [4.78, 5) is 11.3. The zero-order valence-electron chi connectivity index (χ0n) is 12.0. The Bertz CT molecular complexity index is 333. The van der Waals surface area contributed by atoms with Crippen molar-refractivity contribution in [2.45, 2.75) is 51.3 Å². The highest BCUT2D eigenvalue weighted by atomic mass is 19.4. The van der Waals surface area contributed by atoms with Gasteiger partial charge in [-0.3, -0.25) is 4.79 Å². The average Bonchev–Trinajstić information content (AvgIpc) is 2.35. The Morgan fingerprint density at radius 2 is 1.80 bits per heavy atom. The van der Waals surface area contributed by atoms with Gasteiger partial charge in [0.15, 0.2) is 0 Å². The van der Waals surface area contributed by atoms with Gasteiger partial charge in [-0.2, -0.15) is 13.2 Å². The summed E-state index contributed by atoms with van der Waals surface area (Å²) in [5.74, 6) is -0.764. The fraction of sp³-hybridized carbons (Fsp3) is 0.923. The predicted octanol–water partition coefficient (Wildman–Crippen LogP) is 1.98. The summed E-state index contributed by atoms with van der Waals surface area (Å²) >= 11 is 0. The second kappa shape index (κ2) is 6.30. The minimum atomic E-state index is -4.41. The lowest BCUT2D eigenvalue weighted by atomic mass is 9.71. The van der Waals surface area contributed by atoms with Crippen molar-refractivity contribution >= 4 is 5.91 Å². The Morgan fingerprint density at radius 1 is 1.25 bits per heavy atom. The van der Waals surface area contributed by atoms with Crippen LogP contribution in [0.2, 0.25) is 0 Å². The molecule has 20 heavy (non-hydrogen) atoms. The molecule has 0 atom stereocenters. The van der Waals surface area contributed by atoms with E-state index in [2.05, 4.69) is 13.8 Å². The molecule has 1 aliphatic carbocycles. The van der Waals surface area contributed by atoms with Gasteiger partial charge in [-0.15, -0.1) is 0 Å². The number of carbonyl (C=O) groups is 1. The highest BCUT2D eigenvalue weighted by molar-refractivity contribution is 5.77. The largest absolute Gasteiger partial charge is 0.405 e. The molecule has 0 spiro atoms. The van der Waals surface area contributed by atoms with Gasteiger partial charge >= 0.3 is 6.18 Å². The number of halogens is 3. The average molecular weight is 296 g/mol. The van der Waals surface area contributed by atoms with Gasteiger partial charge in [0, 0.05) is 6.54 Å². The Balaban J connectivity index is 2.40. The number of carbonyl (C=O) groups excluding carboxylic acids is 1. The summed E-state index contributed by atoms with van der Waals surface area (Å²) in [5, 5.41) is 1.79. The standard InChI is InChI=1S/C13H23F3N2O2/c1-11(2)3-5-12(8-17,6-4-11)20-7-10(19)18-9-13(14,15)16/h3-9,17H2,1-2H3,(H,18,19). The van der Waals surface area contributed by atoms with Gasteiger partial charge in [-0.1, -0.05) is 13.8 Å². The number of nitrogens with one attached hydrogen (secondary N) is 1. The van der Waals surface area contributed by atoms with Crippen molar-refractivity contribution < 1.29 is 22.7 Å². The molecule has 1 fully saturated rings. The van der Waals surface area contributed by atoms with Crippen LogP contribution in [-0.2, 0) is 9.53 Å². The third kappa shape index (κ3) is 5.66. The monoisotopic (exact) mass is 296 g/mol. The van der Waals surface area contributed by atoms with Crippen molar-refractivity contribution in [2.75, 3.05) is 19.7 Å². The van der Waals surface area contributed by atoms with Crippen molar-refractivity contribution in [3.05, 3.63) is 0 Å². The Morgan fingerprint density at radius 3 is 2.25 bits per heavy atom. The van der Waals surface area contributed by atoms with Gasteiger partial charge in [-0.05, 0) is 31.1 Å². The molecule has 0 radical (unpaired) electrons. The number of ether oxygens (including phenoxy) is 1. The summed E-state index contributed by atoms with van der Waals surface area (Å²) in [6.07, 6.45) is -1.11. The van der Waals surface area contributed by atoms with Crippen LogP contribution in [0, 0.1) is 5.41 Å². The van der Waals surface area contributed by atoms with E-state index >= 15 is 0 Å². The minimum absolute atomic E-state index is 0.223. The van der Waals surface area contributed by atoms with Gasteiger partial charge in [0.1, 0.15) is 13.2 Å². The summed E-state index contributed by atoms with van der Waals surface area (Å²) in [5.41, 5.74) is 5.36. The Hall–Kier alpha value is -0.820. The highest BCUT2D eigenvalue weighted by Gasteiger charge is 2.38. The van der Waals surface area contributed by atoms with Crippen molar-refractivity contribution in [2.24, 2.45) is 11.1 Å². The van der Waals surface area contributed by atoms with E-state index in [1.807, 2.05) is 0 Å². The number of rotatable bonds is 5. The summed E-state index contributed by atoms with van der Waals surface area (Å²) in [6.45, 7) is 2.87. The zero-order chi connectivity index (χ0) is 15.4. The predicted molar refractivity (Wildman–Crippen MR) is 69.1 cm³/mol. The summed E-state index contributed by atoms with van der Waals surface area (Å²) in [7, 11) is 0. The molecule has 7 heteroatoms. The van der Waals surface area contributed by atoms with E-state index in [1.54, 1.807) is 5.32 Å². The van der Waals surface area contributed by atoms with Gasteiger partial charge in [0.2, 0.25) is 5.91 Å². The number of hydrogen-bond acceptors (Lipinski definition) is 3. The normalized spacial score (nSPS) is 21.5. The summed E-state index contributed by atoms with van der Waals surface area (Å²) < 4.78 is 41.4. The van der Waals surface area contributed by atoms with Crippen LogP contribution in [0.5, 0.6) is 0 Å². The first kappa shape index (κ1) is 17.2. The van der Waals surface area contributed by atoms with Crippen LogP contribution >= 0.6 is 0 Å². The number of alkyl halides is 3. The smallest absolute Gasteiger partial charge is 0.364 e. The fourth-order valence-corrected chi connectivity index (χ4v) is 2.26. The maximum Gasteiger partial charge on any atom is 0.405 e. The number of amides is 1. The van der Waals surface area contributed by atoms with Gasteiger partial charge in [-0.25, -0.2) is 0 Å². The van der Waals surface area contributed by atoms with E-state index in [9.17, 15) is 18.0 Å². The quantitative estimate of drug-likeness (QED) is 0.815. The molecule has 0 aromatic carbocycles. The van der Waals surface area contributed by atoms with Crippen molar-refractivity contribution in [1.82, 2.24) is 5.32 Å². The zero-order valence-corrected chi connectivity index (χ0v) is 12.0. The lowest BCUT2D eigenvalue weighted by molar-refractivity contribution is -0.148. The molecule has 1 saturated carbocycles. The van der Waals surface area contributed by atoms with Crippen LogP contribution in [0.3, 0.4) is 0 Å². The molecule has 0 aromatic heterocycles. The molecule has 1 aliphatic rings. The van der Waals surface area contributed by atoms with Gasteiger partial charge in [0.25, 0.3) is 0 Å². The Labute approximate surface area is 117 Å². The molecule has 3 N–H and O–H groups in total. The topological polar surface area (TPSA) is 64.3 Å². The van der Waals surface area contributed by atoms with Crippen LogP contribution in [-0.4, -0.2) is 37.4 Å². The lowest BCUT2D eigenvalue weighted by Crippen LogP contribution is -2.47. The van der Waals surface area contributed by atoms with Crippen LogP contribution < -0.4 is 11.1 Å². The van der Waals surface area contributed by atoms with Crippen LogP contribution in [0.25, 0.3) is 0 Å². The second-order valence-corrected chi connectivity index (χ2v) is 6.23. The molecule has 0 saturated heterocycles. The van der Waals surface area contributed by atoms with E-state index in [4.69, 9.17) is 10.5 Å². The third-order valence-corrected chi connectivity index (χ3v) is 3.88. The van der Waals surface area contributed by atoms with Crippen LogP contribution in [0.1, 0.15) is 39.5 Å². The molecule has 1 rings (SSSR count). The number of hydrogen-bond donors (Lipinski definition) is 2. The van der Waals surface area contributed by atoms with Crippen LogP contribution in [0.15, 0.2) is 0 Å². The molecule has 0 unspecified atom stereocenters. The molecule has 0 bridgehead atoms. The van der Waals surface area contributed by atoms with E-state index in [1.165, 1.54) is 0 Å². The molecule has 0 aromatic rings. The second-order valence-electron chi connectivity index (χ2n) is 6.23. The molecule has 0 heterocycles. The molecule has 0 aliphatic heterocycles. The first-order chi connectivity index (χ1) is 9.08. The van der Waals surface area contributed by atoms with Crippen molar-refractivity contribution in [1.29, 1.82) is 0 Å². The molecular weight excluding hydrogens is 273 g/mol. The van der Waals surface area contributed by atoms with Crippen molar-refractivity contribution in [3.63, 3.8) is 0 Å². The van der Waals surface area contributed by atoms with Crippen molar-refractivity contribution in [3.8, 4) is 0 Å². The fourth-order valence-electron chi connectivity index (χ4n) is 2.26. The number of nitrogens with two attached hydrogens (primary N) is 1. The minimum Gasteiger partial charge on any atom is -0.364 e. The molecule has 1 amide bonds. The van der Waals surface area contributed by atoms with E-state index in [0.29, 0.717) is 0 Å². The third-order valence-electron chi connectivity index (χ3n) is 3.88. The highest BCUT2D eigenvalue weighted by Crippen LogP contribution is 2.41. The van der Waals surface area contributed by atoms with Gasteiger partial charge in [0.05, 0.1) is 5.60 Å². The Kier molecular flexibility index (Phi) is 5.43. The SMILES string of the molecule is CC1(C)CCC(CN)(OCC(=O)NCC(F)(F)F)CC1. The van der Waals surface area contributed by atoms with Gasteiger partial charge < -0.3 is 15.8 Å². The van der Waals surface area contributed by atoms with E-state index < -0.39 is 24.2 Å². The maximum absolute atomic E-state index is 12.0. The van der Waals surface area contributed by atoms with Crippen LogP contribution in [0.4, 0.5) is 13.2 Å².